The van der Waals surface area contributed by atoms with Crippen LogP contribution in [0.15, 0.2) is 34.7 Å². The van der Waals surface area contributed by atoms with E-state index in [1.807, 2.05) is 13.0 Å². The molecule has 1 aromatic heterocycles. The van der Waals surface area contributed by atoms with Gasteiger partial charge in [-0.1, -0.05) is 0 Å². The SMILES string of the molecule is Cc1ccc(CN(C)C(=O)c2ccc(N)cc2F)o1. The van der Waals surface area contributed by atoms with Crippen LogP contribution in [0.3, 0.4) is 0 Å². The molecule has 0 fully saturated rings. The van der Waals surface area contributed by atoms with Gasteiger partial charge in [0.2, 0.25) is 0 Å². The Morgan fingerprint density at radius 2 is 2.11 bits per heavy atom. The second-order valence-electron chi connectivity index (χ2n) is 4.41. The average molecular weight is 262 g/mol. The van der Waals surface area contributed by atoms with E-state index in [9.17, 15) is 9.18 Å². The fourth-order valence-corrected chi connectivity index (χ4v) is 1.79. The number of hydrogen-bond acceptors (Lipinski definition) is 3. The number of hydrogen-bond donors (Lipinski definition) is 1. The molecule has 100 valence electrons. The number of furan rings is 1. The Labute approximate surface area is 110 Å². The van der Waals surface area contributed by atoms with Crippen LogP contribution in [0.1, 0.15) is 21.9 Å². The van der Waals surface area contributed by atoms with Gasteiger partial charge >= 0.3 is 0 Å². The zero-order chi connectivity index (χ0) is 14.0. The summed E-state index contributed by atoms with van der Waals surface area (Å²) in [6.45, 7) is 2.11. The van der Waals surface area contributed by atoms with E-state index in [0.29, 0.717) is 11.4 Å². The van der Waals surface area contributed by atoms with Crippen molar-refractivity contribution in [1.82, 2.24) is 4.90 Å². The van der Waals surface area contributed by atoms with Crippen molar-refractivity contribution in [2.45, 2.75) is 13.5 Å². The molecule has 4 nitrogen and oxygen atoms in total. The minimum Gasteiger partial charge on any atom is -0.464 e. The van der Waals surface area contributed by atoms with Crippen molar-refractivity contribution in [3.8, 4) is 0 Å². The number of amides is 1. The molecule has 0 bridgehead atoms. The number of anilines is 1. The number of benzene rings is 1. The second kappa shape index (κ2) is 5.14. The van der Waals surface area contributed by atoms with Gasteiger partial charge in [0.15, 0.2) is 0 Å². The highest BCUT2D eigenvalue weighted by Crippen LogP contribution is 2.15. The van der Waals surface area contributed by atoms with Gasteiger partial charge < -0.3 is 15.1 Å². The van der Waals surface area contributed by atoms with E-state index >= 15 is 0 Å². The Hall–Kier alpha value is -2.30. The summed E-state index contributed by atoms with van der Waals surface area (Å²) in [5.41, 5.74) is 5.74. The maximum atomic E-state index is 13.7. The van der Waals surface area contributed by atoms with Crippen molar-refractivity contribution < 1.29 is 13.6 Å². The molecule has 0 unspecified atom stereocenters. The number of aryl methyl sites for hydroxylation is 1. The molecule has 0 saturated heterocycles. The molecule has 0 aliphatic rings. The second-order valence-corrected chi connectivity index (χ2v) is 4.41. The fourth-order valence-electron chi connectivity index (χ4n) is 1.79. The van der Waals surface area contributed by atoms with Gasteiger partial charge in [-0.25, -0.2) is 4.39 Å². The first kappa shape index (κ1) is 13.1. The van der Waals surface area contributed by atoms with Crippen molar-refractivity contribution in [3.05, 3.63) is 53.2 Å². The van der Waals surface area contributed by atoms with Crippen LogP contribution in [0.2, 0.25) is 0 Å². The lowest BCUT2D eigenvalue weighted by Gasteiger charge is -2.16. The van der Waals surface area contributed by atoms with Crippen molar-refractivity contribution >= 4 is 11.6 Å². The maximum Gasteiger partial charge on any atom is 0.256 e. The van der Waals surface area contributed by atoms with Gasteiger partial charge in [-0.3, -0.25) is 4.79 Å². The third-order valence-electron chi connectivity index (χ3n) is 2.76. The van der Waals surface area contributed by atoms with E-state index in [-0.39, 0.29) is 12.1 Å². The number of rotatable bonds is 3. The summed E-state index contributed by atoms with van der Waals surface area (Å²) in [6, 6.07) is 7.63. The molecule has 0 radical (unpaired) electrons. The lowest BCUT2D eigenvalue weighted by atomic mass is 10.1. The smallest absolute Gasteiger partial charge is 0.256 e. The number of nitrogen functional groups attached to an aromatic ring is 1. The highest BCUT2D eigenvalue weighted by atomic mass is 19.1. The number of nitrogens with two attached hydrogens (primary N) is 1. The molecule has 5 heteroatoms. The summed E-state index contributed by atoms with van der Waals surface area (Å²) in [6.07, 6.45) is 0. The van der Waals surface area contributed by atoms with Crippen LogP contribution in [0.5, 0.6) is 0 Å². The molecule has 0 atom stereocenters. The van der Waals surface area contributed by atoms with Gasteiger partial charge in [0, 0.05) is 12.7 Å². The minimum atomic E-state index is -0.618. The lowest BCUT2D eigenvalue weighted by Crippen LogP contribution is -2.26. The Balaban J connectivity index is 2.14. The Morgan fingerprint density at radius 1 is 1.37 bits per heavy atom. The molecule has 0 aliphatic carbocycles. The molecule has 19 heavy (non-hydrogen) atoms. The quantitative estimate of drug-likeness (QED) is 0.865. The first-order chi connectivity index (χ1) is 8.97. The van der Waals surface area contributed by atoms with E-state index in [1.165, 1.54) is 17.0 Å². The van der Waals surface area contributed by atoms with Crippen LogP contribution in [-0.4, -0.2) is 17.9 Å². The minimum absolute atomic E-state index is 0.0000203. The van der Waals surface area contributed by atoms with Crippen molar-refractivity contribution in [1.29, 1.82) is 0 Å². The molecule has 0 spiro atoms. The Morgan fingerprint density at radius 3 is 2.68 bits per heavy atom. The molecule has 1 amide bonds. The third kappa shape index (κ3) is 2.93. The molecule has 1 aromatic carbocycles. The molecule has 0 aliphatic heterocycles. The topological polar surface area (TPSA) is 59.5 Å². The van der Waals surface area contributed by atoms with Gasteiger partial charge in [-0.2, -0.15) is 0 Å². The third-order valence-corrected chi connectivity index (χ3v) is 2.76. The first-order valence-corrected chi connectivity index (χ1v) is 5.83. The van der Waals surface area contributed by atoms with Crippen LogP contribution in [0, 0.1) is 12.7 Å². The monoisotopic (exact) mass is 262 g/mol. The highest BCUT2D eigenvalue weighted by Gasteiger charge is 2.17. The highest BCUT2D eigenvalue weighted by molar-refractivity contribution is 5.94. The molecule has 2 aromatic rings. The lowest BCUT2D eigenvalue weighted by molar-refractivity contribution is 0.0770. The largest absolute Gasteiger partial charge is 0.464 e. The molecular weight excluding hydrogens is 247 g/mol. The van der Waals surface area contributed by atoms with Gasteiger partial charge in [0.05, 0.1) is 12.1 Å². The van der Waals surface area contributed by atoms with Crippen molar-refractivity contribution in [2.75, 3.05) is 12.8 Å². The number of halogens is 1. The Bertz CT molecular complexity index is 607. The summed E-state index contributed by atoms with van der Waals surface area (Å²) in [7, 11) is 1.59. The normalized spacial score (nSPS) is 10.5. The molecular formula is C14H15FN2O2. The van der Waals surface area contributed by atoms with Crippen LogP contribution >= 0.6 is 0 Å². The fraction of sp³-hybridized carbons (Fsp3) is 0.214. The summed E-state index contributed by atoms with van der Waals surface area (Å²) in [5.74, 6) is 0.401. The van der Waals surface area contributed by atoms with E-state index < -0.39 is 11.7 Å². The predicted octanol–water partition coefficient (Wildman–Crippen LogP) is 2.58. The zero-order valence-electron chi connectivity index (χ0n) is 10.8. The van der Waals surface area contributed by atoms with Crippen LogP contribution < -0.4 is 5.73 Å². The molecule has 1 heterocycles. The summed E-state index contributed by atoms with van der Waals surface area (Å²) >= 11 is 0. The number of carbonyl (C=O) groups is 1. The summed E-state index contributed by atoms with van der Waals surface area (Å²) in [5, 5.41) is 0. The van der Waals surface area contributed by atoms with Gasteiger partial charge in [-0.05, 0) is 37.3 Å². The van der Waals surface area contributed by atoms with Crippen LogP contribution in [-0.2, 0) is 6.54 Å². The zero-order valence-corrected chi connectivity index (χ0v) is 10.8. The van der Waals surface area contributed by atoms with Gasteiger partial charge in [0.25, 0.3) is 5.91 Å². The van der Waals surface area contributed by atoms with Crippen LogP contribution in [0.25, 0.3) is 0 Å². The standard InChI is InChI=1S/C14H15FN2O2/c1-9-3-5-11(19-9)8-17(2)14(18)12-6-4-10(16)7-13(12)15/h3-7H,8,16H2,1-2H3. The van der Waals surface area contributed by atoms with Crippen molar-refractivity contribution in [3.63, 3.8) is 0 Å². The molecule has 0 saturated carbocycles. The van der Waals surface area contributed by atoms with Gasteiger partial charge in [-0.15, -0.1) is 0 Å². The number of nitrogens with zero attached hydrogens (tertiary/aromatic N) is 1. The Kier molecular flexibility index (Phi) is 3.55. The summed E-state index contributed by atoms with van der Waals surface area (Å²) < 4.78 is 19.0. The predicted molar refractivity (Wildman–Crippen MR) is 70.1 cm³/mol. The number of carbonyl (C=O) groups excluding carboxylic acids is 1. The average Bonchev–Trinajstić information content (AvgIpc) is 2.74. The van der Waals surface area contributed by atoms with Crippen LogP contribution in [0.4, 0.5) is 10.1 Å². The van der Waals surface area contributed by atoms with E-state index in [2.05, 4.69) is 0 Å². The van der Waals surface area contributed by atoms with E-state index in [1.54, 1.807) is 13.1 Å². The van der Waals surface area contributed by atoms with E-state index in [0.717, 1.165) is 11.8 Å². The molecule has 2 N–H and O–H groups in total. The van der Waals surface area contributed by atoms with E-state index in [4.69, 9.17) is 10.2 Å². The van der Waals surface area contributed by atoms with Gasteiger partial charge in [0.1, 0.15) is 17.3 Å². The molecule has 2 rings (SSSR count). The first-order valence-electron chi connectivity index (χ1n) is 5.83. The van der Waals surface area contributed by atoms with Crippen molar-refractivity contribution in [2.24, 2.45) is 0 Å². The maximum absolute atomic E-state index is 13.7. The summed E-state index contributed by atoms with van der Waals surface area (Å²) in [4.78, 5) is 13.5.